The van der Waals surface area contributed by atoms with Crippen molar-refractivity contribution < 1.29 is 21.6 Å². The van der Waals surface area contributed by atoms with Crippen molar-refractivity contribution in [2.24, 2.45) is 0 Å². The maximum absolute atomic E-state index is 13.6. The van der Waals surface area contributed by atoms with E-state index < -0.39 is 38.1 Å². The molecule has 0 unspecified atom stereocenters. The van der Waals surface area contributed by atoms with Crippen LogP contribution in [0.1, 0.15) is 0 Å². The molecule has 0 aliphatic carbocycles. The Morgan fingerprint density at radius 3 is 2.33 bits per heavy atom. The predicted molar refractivity (Wildman–Crippen MR) is 75.7 cm³/mol. The molecule has 0 radical (unpaired) electrons. The molecule has 21 heavy (non-hydrogen) atoms. The standard InChI is InChI=1S/C12H8BrF3N2O2S/c13-7-3-6(14)1-2-11(7)18-21(19,20)12-5-10(17)8(15)4-9(12)16/h1-5,18H,17H2. The van der Waals surface area contributed by atoms with Crippen LogP contribution in [0.4, 0.5) is 24.5 Å². The second-order valence-electron chi connectivity index (χ2n) is 4.03. The summed E-state index contributed by atoms with van der Waals surface area (Å²) in [6.45, 7) is 0. The summed E-state index contributed by atoms with van der Waals surface area (Å²) < 4.78 is 65.9. The van der Waals surface area contributed by atoms with Gasteiger partial charge in [0.25, 0.3) is 10.0 Å². The van der Waals surface area contributed by atoms with Crippen LogP contribution < -0.4 is 10.5 Å². The molecule has 0 aromatic heterocycles. The van der Waals surface area contributed by atoms with E-state index in [2.05, 4.69) is 20.7 Å². The van der Waals surface area contributed by atoms with E-state index in [1.54, 1.807) is 0 Å². The molecular formula is C12H8BrF3N2O2S. The van der Waals surface area contributed by atoms with Crippen molar-refractivity contribution in [1.82, 2.24) is 0 Å². The number of benzene rings is 2. The first-order valence-electron chi connectivity index (χ1n) is 5.43. The van der Waals surface area contributed by atoms with Crippen molar-refractivity contribution in [1.29, 1.82) is 0 Å². The lowest BCUT2D eigenvalue weighted by molar-refractivity contribution is 0.553. The Labute approximate surface area is 127 Å². The number of hydrogen-bond donors (Lipinski definition) is 2. The molecule has 0 fully saturated rings. The summed E-state index contributed by atoms with van der Waals surface area (Å²) in [5.41, 5.74) is 4.73. The fraction of sp³-hybridized carbons (Fsp3) is 0. The second kappa shape index (κ2) is 5.57. The molecule has 0 atom stereocenters. The van der Waals surface area contributed by atoms with E-state index in [4.69, 9.17) is 5.73 Å². The first-order valence-corrected chi connectivity index (χ1v) is 7.71. The molecular weight excluding hydrogens is 373 g/mol. The van der Waals surface area contributed by atoms with Crippen molar-refractivity contribution in [3.8, 4) is 0 Å². The molecule has 0 saturated carbocycles. The van der Waals surface area contributed by atoms with E-state index >= 15 is 0 Å². The molecule has 0 aliphatic rings. The normalized spacial score (nSPS) is 11.4. The van der Waals surface area contributed by atoms with Gasteiger partial charge in [-0.3, -0.25) is 4.72 Å². The Kier molecular flexibility index (Phi) is 4.15. The lowest BCUT2D eigenvalue weighted by atomic mass is 10.3. The lowest BCUT2D eigenvalue weighted by Gasteiger charge is -2.11. The zero-order chi connectivity index (χ0) is 15.8. The summed E-state index contributed by atoms with van der Waals surface area (Å²) in [6.07, 6.45) is 0. The van der Waals surface area contributed by atoms with E-state index in [1.807, 2.05) is 0 Å². The minimum absolute atomic E-state index is 0.00121. The fourth-order valence-electron chi connectivity index (χ4n) is 1.52. The molecule has 4 nitrogen and oxygen atoms in total. The Bertz CT molecular complexity index is 812. The Balaban J connectivity index is 2.46. The molecule has 2 aromatic carbocycles. The van der Waals surface area contributed by atoms with Gasteiger partial charge >= 0.3 is 0 Å². The summed E-state index contributed by atoms with van der Waals surface area (Å²) >= 11 is 2.97. The fourth-order valence-corrected chi connectivity index (χ4v) is 3.28. The smallest absolute Gasteiger partial charge is 0.264 e. The van der Waals surface area contributed by atoms with Crippen LogP contribution in [0, 0.1) is 17.5 Å². The van der Waals surface area contributed by atoms with Gasteiger partial charge in [-0.2, -0.15) is 0 Å². The quantitative estimate of drug-likeness (QED) is 0.802. The molecule has 3 N–H and O–H groups in total. The number of nitrogens with one attached hydrogen (secondary N) is 1. The van der Waals surface area contributed by atoms with Crippen LogP contribution in [0.15, 0.2) is 39.7 Å². The average molecular weight is 381 g/mol. The molecule has 0 amide bonds. The first-order chi connectivity index (χ1) is 9.70. The van der Waals surface area contributed by atoms with Crippen molar-refractivity contribution in [3.63, 3.8) is 0 Å². The Morgan fingerprint density at radius 1 is 1.05 bits per heavy atom. The number of sulfonamides is 1. The molecule has 9 heteroatoms. The van der Waals surface area contributed by atoms with Crippen molar-refractivity contribution in [3.05, 3.63) is 52.3 Å². The summed E-state index contributed by atoms with van der Waals surface area (Å²) in [5, 5.41) is 0. The highest BCUT2D eigenvalue weighted by molar-refractivity contribution is 9.10. The minimum atomic E-state index is -4.34. The largest absolute Gasteiger partial charge is 0.396 e. The molecule has 2 rings (SSSR count). The number of rotatable bonds is 3. The average Bonchev–Trinajstić information content (AvgIpc) is 2.37. The first kappa shape index (κ1) is 15.6. The van der Waals surface area contributed by atoms with Crippen LogP contribution in [-0.2, 0) is 10.0 Å². The van der Waals surface area contributed by atoms with Crippen molar-refractivity contribution in [2.45, 2.75) is 4.90 Å². The van der Waals surface area contributed by atoms with Crippen LogP contribution >= 0.6 is 15.9 Å². The van der Waals surface area contributed by atoms with Gasteiger partial charge in [0.2, 0.25) is 0 Å². The monoisotopic (exact) mass is 380 g/mol. The maximum atomic E-state index is 13.6. The van der Waals surface area contributed by atoms with Crippen LogP contribution in [0.25, 0.3) is 0 Å². The van der Waals surface area contributed by atoms with Gasteiger partial charge < -0.3 is 5.73 Å². The van der Waals surface area contributed by atoms with Gasteiger partial charge in [-0.05, 0) is 40.2 Å². The maximum Gasteiger partial charge on any atom is 0.264 e. The molecule has 2 aromatic rings. The van der Waals surface area contributed by atoms with E-state index in [9.17, 15) is 21.6 Å². The van der Waals surface area contributed by atoms with Gasteiger partial charge in [0.15, 0.2) is 0 Å². The zero-order valence-corrected chi connectivity index (χ0v) is 12.6. The summed E-state index contributed by atoms with van der Waals surface area (Å²) in [4.78, 5) is -0.808. The molecule has 0 spiro atoms. The number of anilines is 2. The topological polar surface area (TPSA) is 72.2 Å². The van der Waals surface area contributed by atoms with Crippen LogP contribution in [0.3, 0.4) is 0 Å². The van der Waals surface area contributed by atoms with E-state index in [-0.39, 0.29) is 10.2 Å². The third-order valence-electron chi connectivity index (χ3n) is 2.52. The van der Waals surface area contributed by atoms with Gasteiger partial charge in [0.1, 0.15) is 22.3 Å². The van der Waals surface area contributed by atoms with Gasteiger partial charge in [-0.25, -0.2) is 21.6 Å². The summed E-state index contributed by atoms with van der Waals surface area (Å²) in [7, 11) is -4.34. The summed E-state index contributed by atoms with van der Waals surface area (Å²) in [6, 6.07) is 4.26. The van der Waals surface area contributed by atoms with Crippen molar-refractivity contribution >= 4 is 37.3 Å². The number of nitrogen functional groups attached to an aromatic ring is 1. The van der Waals surface area contributed by atoms with Crippen LogP contribution in [0.2, 0.25) is 0 Å². The number of halogens is 4. The van der Waals surface area contributed by atoms with E-state index in [0.717, 1.165) is 18.2 Å². The SMILES string of the molecule is Nc1cc(S(=O)(=O)Nc2ccc(F)cc2Br)c(F)cc1F. The second-order valence-corrected chi connectivity index (χ2v) is 6.54. The zero-order valence-electron chi connectivity index (χ0n) is 10.2. The van der Waals surface area contributed by atoms with E-state index in [0.29, 0.717) is 12.1 Å². The van der Waals surface area contributed by atoms with Crippen LogP contribution in [-0.4, -0.2) is 8.42 Å². The lowest BCUT2D eigenvalue weighted by Crippen LogP contribution is -2.16. The minimum Gasteiger partial charge on any atom is -0.396 e. The van der Waals surface area contributed by atoms with Gasteiger partial charge in [0.05, 0.1) is 11.4 Å². The highest BCUT2D eigenvalue weighted by Gasteiger charge is 2.22. The van der Waals surface area contributed by atoms with Gasteiger partial charge in [-0.15, -0.1) is 0 Å². The molecule has 0 bridgehead atoms. The van der Waals surface area contributed by atoms with E-state index in [1.165, 1.54) is 0 Å². The Hall–Kier alpha value is -1.74. The molecule has 0 heterocycles. The third-order valence-corrected chi connectivity index (χ3v) is 4.55. The summed E-state index contributed by atoms with van der Waals surface area (Å²) in [5.74, 6) is -2.93. The molecule has 0 aliphatic heterocycles. The van der Waals surface area contributed by atoms with Crippen LogP contribution in [0.5, 0.6) is 0 Å². The molecule has 0 saturated heterocycles. The third kappa shape index (κ3) is 3.30. The van der Waals surface area contributed by atoms with Crippen molar-refractivity contribution in [2.75, 3.05) is 10.5 Å². The highest BCUT2D eigenvalue weighted by Crippen LogP contribution is 2.28. The number of nitrogens with two attached hydrogens (primary N) is 1. The molecule has 112 valence electrons. The van der Waals surface area contributed by atoms with Gasteiger partial charge in [-0.1, -0.05) is 0 Å². The Morgan fingerprint density at radius 2 is 1.71 bits per heavy atom. The number of hydrogen-bond acceptors (Lipinski definition) is 3. The highest BCUT2D eigenvalue weighted by atomic mass is 79.9. The van der Waals surface area contributed by atoms with Gasteiger partial charge in [0, 0.05) is 10.5 Å². The predicted octanol–water partition coefficient (Wildman–Crippen LogP) is 3.25.